The van der Waals surface area contributed by atoms with Gasteiger partial charge in [-0.25, -0.2) is 44.9 Å². The van der Waals surface area contributed by atoms with Crippen molar-refractivity contribution in [3.05, 3.63) is 92.7 Å². The van der Waals surface area contributed by atoms with Gasteiger partial charge in [-0.3, -0.25) is 0 Å². The number of piperidine rings is 3. The zero-order valence-electron chi connectivity index (χ0n) is 54.7. The van der Waals surface area contributed by atoms with Crippen LogP contribution >= 0.6 is 94.1 Å². The molecule has 3 aliphatic heterocycles. The molecule has 6 aromatic heterocycles. The molecule has 94 heavy (non-hydrogen) atoms. The Kier molecular flexibility index (Phi) is 31.9. The number of nitriles is 4. The molecule has 9 N–H and O–H groups in total. The van der Waals surface area contributed by atoms with Gasteiger partial charge in [-0.15, -0.1) is 12.4 Å². The van der Waals surface area contributed by atoms with Gasteiger partial charge >= 0.3 is 0 Å². The number of anilines is 5. The smallest absolute Gasteiger partial charge is 0.147 e. The van der Waals surface area contributed by atoms with E-state index in [0.717, 1.165) is 169 Å². The number of hydrogen-bond donors (Lipinski definition) is 5. The van der Waals surface area contributed by atoms with E-state index in [-0.39, 0.29) is 34.1 Å². The molecule has 6 aromatic rings. The van der Waals surface area contributed by atoms with Crippen LogP contribution in [0.3, 0.4) is 0 Å². The van der Waals surface area contributed by atoms with Crippen LogP contribution in [0.15, 0.2) is 85.1 Å². The van der Waals surface area contributed by atoms with Crippen LogP contribution in [0.1, 0.15) is 148 Å². The molecule has 5 fully saturated rings. The maximum Gasteiger partial charge on any atom is 0.147 e. The summed E-state index contributed by atoms with van der Waals surface area (Å²) >= 11 is 28.5. The molecule has 28 heteroatoms. The molecule has 0 unspecified atom stereocenters. The maximum absolute atomic E-state index is 9.25. The first-order chi connectivity index (χ1) is 44.4. The summed E-state index contributed by atoms with van der Waals surface area (Å²) < 4.78 is 0. The lowest BCUT2D eigenvalue weighted by molar-refractivity contribution is 0.258. The van der Waals surface area contributed by atoms with Gasteiger partial charge in [0.05, 0.1) is 91.3 Å². The van der Waals surface area contributed by atoms with Crippen molar-refractivity contribution < 1.29 is 0 Å². The van der Waals surface area contributed by atoms with Crippen LogP contribution in [0.4, 0.5) is 29.1 Å². The second-order valence-corrected chi connectivity index (χ2v) is 29.5. The van der Waals surface area contributed by atoms with E-state index >= 15 is 0 Å². The number of aryl methyl sites for hydroxylation is 3. The molecule has 504 valence electrons. The van der Waals surface area contributed by atoms with E-state index in [1.54, 1.807) is 30.9 Å². The Morgan fingerprint density at radius 3 is 1.21 bits per heavy atom. The maximum atomic E-state index is 9.25. The Bertz CT molecular complexity index is 3550. The van der Waals surface area contributed by atoms with E-state index in [1.807, 2.05) is 52.9 Å². The van der Waals surface area contributed by atoms with E-state index in [9.17, 15) is 5.26 Å². The van der Waals surface area contributed by atoms with Gasteiger partial charge < -0.3 is 38.1 Å². The molecule has 0 bridgehead atoms. The van der Waals surface area contributed by atoms with Crippen molar-refractivity contribution in [2.45, 2.75) is 181 Å². The summed E-state index contributed by atoms with van der Waals surface area (Å²) in [4.78, 5) is 45.6. The number of hydrogen-bond acceptors (Lipinski definition) is 23. The van der Waals surface area contributed by atoms with Crippen LogP contribution in [0, 0.1) is 93.7 Å². The molecule has 0 amide bonds. The Balaban J connectivity index is 0.000000216. The molecule has 2 aliphatic carbocycles. The first kappa shape index (κ1) is 78.8. The second kappa shape index (κ2) is 38.1. The normalized spacial score (nSPS) is 17.4. The van der Waals surface area contributed by atoms with E-state index in [4.69, 9.17) is 90.1 Å². The molecular weight excluding hydrogens is 1350 g/mol. The molecule has 0 radical (unpaired) electrons. The SMILES string of the molecule is CC1(C#N)CCCCC1.CC1(C#N)CCNCC1.Cc1nc(Cl)cnc1Sc1ccnc(N)c1Cl.Cc1nc(N2CCC(C)(C#N)CC2)cnc1Sc1ccnc(N)c1Cl.Cc1nc(N2CCC(C)(CN)CC2)cnc1Sc1ccnc(N)c1Cl.Cl.N#CC1CCCCC1. The highest BCUT2D eigenvalue weighted by Gasteiger charge is 2.32. The third-order valence-corrected chi connectivity index (χ3v) is 22.3. The van der Waals surface area contributed by atoms with Crippen molar-refractivity contribution in [1.82, 2.24) is 50.2 Å². The third kappa shape index (κ3) is 24.0. The summed E-state index contributed by atoms with van der Waals surface area (Å²) in [5.74, 6) is 3.09. The van der Waals surface area contributed by atoms with E-state index < -0.39 is 0 Å². The zero-order chi connectivity index (χ0) is 67.8. The number of nitrogens with one attached hydrogen (secondary N) is 1. The molecule has 20 nitrogen and oxygen atoms in total. The predicted octanol–water partition coefficient (Wildman–Crippen LogP) is 15.9. The monoisotopic (exact) mass is 1430 g/mol. The number of pyridine rings is 3. The number of halogens is 5. The summed E-state index contributed by atoms with van der Waals surface area (Å²) in [5.41, 5.74) is 25.5. The van der Waals surface area contributed by atoms with Crippen LogP contribution < -0.4 is 38.1 Å². The Morgan fingerprint density at radius 1 is 0.511 bits per heavy atom. The standard InChI is InChI=1S/C17H23ClN6S.C17H19ClN6S.C10H8Cl2N4S.C8H13N.C7H12N2.C7H11N.ClH/c2*1-11-16(25-12-3-6-21-15(20)14(12)18)22-9-13(23-11)24-7-4-17(2,10-19)5-8-24;1-5-10(15-4-7(11)16-5)17-6-2-3-14-9(13)8(6)12;1-8(7-9)5-3-2-4-6-8;1-7(6-8)2-4-9-5-3-7;8-6-7-4-2-1-3-5-7;/h3,6,9H,4-5,7-8,10,19H2,1-2H3,(H2,20,21);3,6,9H,4-5,7-8H2,1-2H3,(H2,20,21);2-4H,1H3,(H2,13,14);2-6H2,1H3;9H,2-5H2,1H3;7H,1-5H2;1H. The van der Waals surface area contributed by atoms with Gasteiger partial charge in [0.1, 0.15) is 49.3 Å². The van der Waals surface area contributed by atoms with Crippen molar-refractivity contribution in [2.75, 3.05) is 72.8 Å². The lowest BCUT2D eigenvalue weighted by atomic mass is 9.77. The topological polar surface area (TPSA) is 334 Å². The van der Waals surface area contributed by atoms with Crippen LogP contribution in [-0.2, 0) is 0 Å². The van der Waals surface area contributed by atoms with Crippen LogP contribution in [0.2, 0.25) is 20.2 Å². The summed E-state index contributed by atoms with van der Waals surface area (Å²) in [6.07, 6.45) is 28.1. The fourth-order valence-corrected chi connectivity index (χ4v) is 13.8. The molecule has 3 saturated heterocycles. The first-order valence-corrected chi connectivity index (χ1v) is 35.3. The average Bonchev–Trinajstić information content (AvgIpc) is 0.836. The van der Waals surface area contributed by atoms with Crippen LogP contribution in [0.25, 0.3) is 0 Å². The largest absolute Gasteiger partial charge is 0.382 e. The minimum Gasteiger partial charge on any atom is -0.382 e. The van der Waals surface area contributed by atoms with E-state index in [1.165, 1.54) is 80.0 Å². The summed E-state index contributed by atoms with van der Waals surface area (Å²) in [5, 5.41) is 42.3. The molecule has 0 aromatic carbocycles. The molecular formula is C66H87Cl5N20S3. The van der Waals surface area contributed by atoms with Gasteiger partial charge in [-0.1, -0.05) is 127 Å². The fraction of sp³-hybridized carbons (Fsp3) is 0.530. The van der Waals surface area contributed by atoms with Crippen molar-refractivity contribution in [3.63, 3.8) is 0 Å². The van der Waals surface area contributed by atoms with Crippen molar-refractivity contribution in [2.24, 2.45) is 33.3 Å². The quantitative estimate of drug-likeness (QED) is 0.0897. The number of aromatic nitrogens is 9. The van der Waals surface area contributed by atoms with Gasteiger partial charge in [0.2, 0.25) is 0 Å². The van der Waals surface area contributed by atoms with Gasteiger partial charge in [0.15, 0.2) is 0 Å². The van der Waals surface area contributed by atoms with Crippen molar-refractivity contribution >= 4 is 123 Å². The predicted molar refractivity (Wildman–Crippen MR) is 385 cm³/mol. The lowest BCUT2D eigenvalue weighted by Crippen LogP contribution is -2.42. The Labute approximate surface area is 594 Å². The Hall–Kier alpha value is -5.93. The highest BCUT2D eigenvalue weighted by atomic mass is 35.5. The minimum absolute atomic E-state index is 0. The first-order valence-electron chi connectivity index (χ1n) is 31.3. The molecule has 5 aliphatic rings. The third-order valence-electron chi connectivity index (χ3n) is 17.2. The van der Waals surface area contributed by atoms with E-state index in [0.29, 0.717) is 43.6 Å². The molecule has 0 atom stereocenters. The summed E-state index contributed by atoms with van der Waals surface area (Å²) in [6, 6.07) is 14.9. The highest BCUT2D eigenvalue weighted by molar-refractivity contribution is 8.00. The highest BCUT2D eigenvalue weighted by Crippen LogP contribution is 2.40. The van der Waals surface area contributed by atoms with Crippen molar-refractivity contribution in [3.8, 4) is 24.3 Å². The molecule has 0 spiro atoms. The van der Waals surface area contributed by atoms with Gasteiger partial charge in [-0.05, 0) is 149 Å². The minimum atomic E-state index is -0.229. The van der Waals surface area contributed by atoms with Crippen LogP contribution in [-0.4, -0.2) is 90.7 Å². The van der Waals surface area contributed by atoms with Gasteiger partial charge in [0, 0.05) is 65.4 Å². The summed E-state index contributed by atoms with van der Waals surface area (Å²) in [7, 11) is 0. The van der Waals surface area contributed by atoms with Gasteiger partial charge in [-0.2, -0.15) is 21.0 Å². The number of nitrogens with two attached hydrogens (primary N) is 4. The summed E-state index contributed by atoms with van der Waals surface area (Å²) in [6.45, 7) is 20.4. The molecule has 9 heterocycles. The van der Waals surface area contributed by atoms with E-state index in [2.05, 4.69) is 93.1 Å². The number of rotatable bonds is 9. The van der Waals surface area contributed by atoms with Crippen LogP contribution in [0.5, 0.6) is 0 Å². The molecule has 11 rings (SSSR count). The van der Waals surface area contributed by atoms with Gasteiger partial charge in [0.25, 0.3) is 0 Å². The molecule has 2 saturated carbocycles. The number of nitrogen functional groups attached to an aromatic ring is 3. The zero-order valence-corrected chi connectivity index (χ0v) is 61.0. The lowest BCUT2D eigenvalue weighted by Gasteiger charge is -2.39. The second-order valence-electron chi connectivity index (χ2n) is 24.9. The average molecular weight is 1430 g/mol. The Morgan fingerprint density at radius 2 is 0.872 bits per heavy atom. The fourth-order valence-electron chi connectivity index (χ4n) is 10.4. The number of nitrogens with zero attached hydrogens (tertiary/aromatic N) is 15. The van der Waals surface area contributed by atoms with Crippen molar-refractivity contribution in [1.29, 1.82) is 21.0 Å².